The number of hydrogen-bond donors (Lipinski definition) is 0. The van der Waals surface area contributed by atoms with E-state index in [0.717, 1.165) is 8.95 Å². The molecule has 0 aliphatic rings. The molecule has 0 aliphatic heterocycles. The summed E-state index contributed by atoms with van der Waals surface area (Å²) < 4.78 is 7.05. The van der Waals surface area contributed by atoms with Crippen LogP contribution in [0.5, 0.6) is 11.6 Å². The molecule has 1 aromatic carbocycles. The number of rotatable bonds is 2. The van der Waals surface area contributed by atoms with Gasteiger partial charge in [-0.25, -0.2) is 4.98 Å². The first-order chi connectivity index (χ1) is 8.08. The second-order valence-corrected chi connectivity index (χ2v) is 5.61. The highest BCUT2D eigenvalue weighted by Crippen LogP contribution is 2.37. The van der Waals surface area contributed by atoms with Crippen molar-refractivity contribution in [1.82, 2.24) is 4.98 Å². The molecule has 1 heterocycles. The van der Waals surface area contributed by atoms with Crippen molar-refractivity contribution < 1.29 is 4.74 Å². The number of ether oxygens (including phenoxy) is 1. The molecule has 0 N–H and O–H groups in total. The van der Waals surface area contributed by atoms with Gasteiger partial charge in [-0.3, -0.25) is 0 Å². The van der Waals surface area contributed by atoms with Crippen LogP contribution in [0.4, 0.5) is 0 Å². The Hall–Kier alpha value is -0.290. The molecule has 0 unspecified atom stereocenters. The lowest BCUT2D eigenvalue weighted by atomic mass is 10.3. The molecule has 88 valence electrons. The zero-order valence-electron chi connectivity index (χ0n) is 8.25. The highest BCUT2D eigenvalue weighted by atomic mass is 79.9. The van der Waals surface area contributed by atoms with E-state index in [1.165, 1.54) is 0 Å². The molecule has 2 rings (SSSR count). The summed E-state index contributed by atoms with van der Waals surface area (Å²) in [5.74, 6) is 0.895. The normalized spacial score (nSPS) is 10.4. The van der Waals surface area contributed by atoms with Crippen LogP contribution in [0.1, 0.15) is 0 Å². The molecule has 6 heteroatoms. The van der Waals surface area contributed by atoms with E-state index in [1.807, 2.05) is 6.07 Å². The summed E-state index contributed by atoms with van der Waals surface area (Å²) in [7, 11) is 0. The van der Waals surface area contributed by atoms with Gasteiger partial charge in [-0.15, -0.1) is 0 Å². The Morgan fingerprint density at radius 1 is 1.06 bits per heavy atom. The van der Waals surface area contributed by atoms with Crippen molar-refractivity contribution in [2.75, 3.05) is 0 Å². The number of benzene rings is 1. The van der Waals surface area contributed by atoms with E-state index in [4.69, 9.17) is 27.9 Å². The Balaban J connectivity index is 2.37. The van der Waals surface area contributed by atoms with Gasteiger partial charge in [0.15, 0.2) is 0 Å². The summed E-state index contributed by atoms with van der Waals surface area (Å²) in [5.41, 5.74) is 0. The maximum Gasteiger partial charge on any atom is 0.233 e. The molecule has 17 heavy (non-hydrogen) atoms. The van der Waals surface area contributed by atoms with Gasteiger partial charge in [0.1, 0.15) is 5.75 Å². The molecular formula is C11H5Br2Cl2NO. The average molecular weight is 398 g/mol. The number of nitrogens with zero attached hydrogens (tertiary/aromatic N) is 1. The monoisotopic (exact) mass is 395 g/mol. The van der Waals surface area contributed by atoms with E-state index < -0.39 is 0 Å². The summed E-state index contributed by atoms with van der Waals surface area (Å²) in [6, 6.07) is 6.94. The van der Waals surface area contributed by atoms with Crippen molar-refractivity contribution >= 4 is 55.1 Å². The maximum atomic E-state index is 6.05. The molecule has 0 aliphatic carbocycles. The lowest BCUT2D eigenvalue weighted by Crippen LogP contribution is -1.89. The third-order valence-corrected chi connectivity index (χ3v) is 4.00. The molecular weight excluding hydrogens is 393 g/mol. The molecule has 0 radical (unpaired) electrons. The van der Waals surface area contributed by atoms with Gasteiger partial charge in [0.2, 0.25) is 5.88 Å². The van der Waals surface area contributed by atoms with Crippen LogP contribution in [-0.2, 0) is 0 Å². The second-order valence-electron chi connectivity index (χ2n) is 3.09. The van der Waals surface area contributed by atoms with Gasteiger partial charge in [0, 0.05) is 16.7 Å². The number of halogens is 4. The molecule has 0 saturated heterocycles. The van der Waals surface area contributed by atoms with Crippen LogP contribution < -0.4 is 4.74 Å². The second kappa shape index (κ2) is 5.57. The van der Waals surface area contributed by atoms with Crippen LogP contribution in [0.25, 0.3) is 0 Å². The lowest BCUT2D eigenvalue weighted by molar-refractivity contribution is 0.460. The molecule has 0 saturated carbocycles. The zero-order valence-corrected chi connectivity index (χ0v) is 12.9. The molecule has 2 aromatic rings. The third kappa shape index (κ3) is 3.13. The molecule has 2 nitrogen and oxygen atoms in total. The van der Waals surface area contributed by atoms with E-state index in [0.29, 0.717) is 21.7 Å². The first-order valence-electron chi connectivity index (χ1n) is 4.51. The van der Waals surface area contributed by atoms with Crippen LogP contribution in [-0.4, -0.2) is 4.98 Å². The Kier molecular flexibility index (Phi) is 4.31. The van der Waals surface area contributed by atoms with Crippen LogP contribution in [0.15, 0.2) is 39.4 Å². The Morgan fingerprint density at radius 2 is 1.82 bits per heavy atom. The minimum absolute atomic E-state index is 0.438. The zero-order chi connectivity index (χ0) is 12.4. The summed E-state index contributed by atoms with van der Waals surface area (Å²) in [5, 5.41) is 0.982. The smallest absolute Gasteiger partial charge is 0.233 e. The predicted molar refractivity (Wildman–Crippen MR) is 76.2 cm³/mol. The largest absolute Gasteiger partial charge is 0.436 e. The van der Waals surface area contributed by atoms with Gasteiger partial charge in [0.25, 0.3) is 0 Å². The minimum Gasteiger partial charge on any atom is -0.436 e. The average Bonchev–Trinajstić information content (AvgIpc) is 2.29. The van der Waals surface area contributed by atoms with Gasteiger partial charge in [-0.2, -0.15) is 0 Å². The van der Waals surface area contributed by atoms with Crippen LogP contribution in [0.3, 0.4) is 0 Å². The summed E-state index contributed by atoms with van der Waals surface area (Å²) in [6.45, 7) is 0. The molecule has 1 aromatic heterocycles. The van der Waals surface area contributed by atoms with Crippen molar-refractivity contribution in [3.8, 4) is 11.6 Å². The standard InChI is InChI=1S/C11H5Br2Cl2NO/c12-6-2-1-3-16-11(6)17-10-5-8(14)7(13)4-9(10)15/h1-5H. The van der Waals surface area contributed by atoms with Crippen molar-refractivity contribution in [2.45, 2.75) is 0 Å². The van der Waals surface area contributed by atoms with E-state index in [1.54, 1.807) is 24.4 Å². The predicted octanol–water partition coefficient (Wildman–Crippen LogP) is 5.71. The van der Waals surface area contributed by atoms with Gasteiger partial charge in [-0.05, 0) is 50.1 Å². The van der Waals surface area contributed by atoms with Crippen LogP contribution >= 0.6 is 55.1 Å². The van der Waals surface area contributed by atoms with Gasteiger partial charge < -0.3 is 4.74 Å². The first kappa shape index (κ1) is 13.1. The molecule has 0 spiro atoms. The fourth-order valence-electron chi connectivity index (χ4n) is 1.13. The third-order valence-electron chi connectivity index (χ3n) is 1.91. The summed E-state index contributed by atoms with van der Waals surface area (Å²) in [4.78, 5) is 4.08. The van der Waals surface area contributed by atoms with Crippen molar-refractivity contribution in [1.29, 1.82) is 0 Å². The maximum absolute atomic E-state index is 6.05. The van der Waals surface area contributed by atoms with Crippen molar-refractivity contribution in [3.05, 3.63) is 49.5 Å². The minimum atomic E-state index is 0.438. The Bertz CT molecular complexity index is 563. The van der Waals surface area contributed by atoms with E-state index in [-0.39, 0.29) is 0 Å². The first-order valence-corrected chi connectivity index (χ1v) is 6.85. The Morgan fingerprint density at radius 3 is 2.53 bits per heavy atom. The molecule has 0 amide bonds. The van der Waals surface area contributed by atoms with Crippen LogP contribution in [0.2, 0.25) is 10.0 Å². The highest BCUT2D eigenvalue weighted by Gasteiger charge is 2.10. The van der Waals surface area contributed by atoms with Gasteiger partial charge in [-0.1, -0.05) is 23.2 Å². The van der Waals surface area contributed by atoms with Crippen LogP contribution in [0, 0.1) is 0 Å². The van der Waals surface area contributed by atoms with Gasteiger partial charge in [0.05, 0.1) is 14.5 Å². The fraction of sp³-hybridized carbons (Fsp3) is 0. The molecule has 0 bridgehead atoms. The fourth-order valence-corrected chi connectivity index (χ4v) is 2.30. The number of aromatic nitrogens is 1. The Labute approximate surface area is 125 Å². The van der Waals surface area contributed by atoms with Crippen molar-refractivity contribution in [3.63, 3.8) is 0 Å². The van der Waals surface area contributed by atoms with E-state index >= 15 is 0 Å². The molecule has 0 fully saturated rings. The van der Waals surface area contributed by atoms with E-state index in [2.05, 4.69) is 36.8 Å². The van der Waals surface area contributed by atoms with Crippen molar-refractivity contribution in [2.24, 2.45) is 0 Å². The van der Waals surface area contributed by atoms with Gasteiger partial charge >= 0.3 is 0 Å². The van der Waals surface area contributed by atoms with E-state index in [9.17, 15) is 0 Å². The summed E-state index contributed by atoms with van der Waals surface area (Å²) in [6.07, 6.45) is 1.63. The highest BCUT2D eigenvalue weighted by molar-refractivity contribution is 9.10. The number of hydrogen-bond acceptors (Lipinski definition) is 2. The number of pyridine rings is 1. The quantitative estimate of drug-likeness (QED) is 0.606. The molecule has 0 atom stereocenters. The summed E-state index contributed by atoms with van der Waals surface area (Å²) >= 11 is 18.6. The lowest BCUT2D eigenvalue weighted by Gasteiger charge is -2.09. The SMILES string of the molecule is Clc1cc(Oc2ncccc2Br)c(Cl)cc1Br. The topological polar surface area (TPSA) is 22.1 Å².